The number of rotatable bonds is 7. The molecule has 7 heteroatoms. The lowest BCUT2D eigenvalue weighted by molar-refractivity contribution is -0.122. The molecule has 25 heavy (non-hydrogen) atoms. The summed E-state index contributed by atoms with van der Waals surface area (Å²) < 4.78 is 0. The number of carbonyl (C=O) groups excluding carboxylic acids is 2. The Morgan fingerprint density at radius 1 is 1.40 bits per heavy atom. The summed E-state index contributed by atoms with van der Waals surface area (Å²) in [5.74, 6) is 0.882. The molecule has 1 aromatic rings. The maximum absolute atomic E-state index is 12.2. The van der Waals surface area contributed by atoms with Gasteiger partial charge in [0.15, 0.2) is 0 Å². The standard InChI is InChI=1S/C18H27ClN2O3S/c1-3-12-5-4-6-13(9-12)7-8-16(22)20-11(2)15-10-14(19)17(25-15)18(23)21-24/h10-13,24H,3-9H2,1-2H3,(H,20,22)(H,21,23)/t11-,12?,13?/m0/s1. The molecule has 5 nitrogen and oxygen atoms in total. The van der Waals surface area contributed by atoms with Crippen molar-refractivity contribution in [2.24, 2.45) is 11.8 Å². The van der Waals surface area contributed by atoms with E-state index in [1.807, 2.05) is 6.92 Å². The topological polar surface area (TPSA) is 78.4 Å². The molecule has 1 aromatic heterocycles. The number of hydroxylamine groups is 1. The molecule has 0 spiro atoms. The van der Waals surface area contributed by atoms with Gasteiger partial charge in [0.1, 0.15) is 4.88 Å². The fraction of sp³-hybridized carbons (Fsp3) is 0.667. The summed E-state index contributed by atoms with van der Waals surface area (Å²) in [6.07, 6.45) is 7.82. The number of halogens is 1. The van der Waals surface area contributed by atoms with Crippen LogP contribution in [0.5, 0.6) is 0 Å². The molecule has 1 aliphatic rings. The molecule has 140 valence electrons. The van der Waals surface area contributed by atoms with Gasteiger partial charge in [0.2, 0.25) is 5.91 Å². The lowest BCUT2D eigenvalue weighted by Crippen LogP contribution is -2.27. The molecule has 1 saturated carbocycles. The summed E-state index contributed by atoms with van der Waals surface area (Å²) in [7, 11) is 0. The van der Waals surface area contributed by atoms with E-state index in [0.29, 0.717) is 12.3 Å². The lowest BCUT2D eigenvalue weighted by atomic mass is 9.78. The SMILES string of the molecule is CCC1CCCC(CCC(=O)N[C@@H](C)c2cc(Cl)c(C(=O)NO)s2)C1. The van der Waals surface area contributed by atoms with Gasteiger partial charge >= 0.3 is 0 Å². The maximum atomic E-state index is 12.2. The zero-order valence-electron chi connectivity index (χ0n) is 14.8. The number of thiophene rings is 1. The van der Waals surface area contributed by atoms with Gasteiger partial charge in [-0.1, -0.05) is 44.2 Å². The van der Waals surface area contributed by atoms with E-state index >= 15 is 0 Å². The van der Waals surface area contributed by atoms with Gasteiger partial charge in [0.25, 0.3) is 5.91 Å². The van der Waals surface area contributed by atoms with Crippen molar-refractivity contribution in [1.29, 1.82) is 0 Å². The predicted molar refractivity (Wildman–Crippen MR) is 100 cm³/mol. The third-order valence-electron chi connectivity index (χ3n) is 5.07. The fourth-order valence-corrected chi connectivity index (χ4v) is 4.89. The van der Waals surface area contributed by atoms with Crippen molar-refractivity contribution >= 4 is 34.8 Å². The second kappa shape index (κ2) is 9.55. The largest absolute Gasteiger partial charge is 0.349 e. The number of carbonyl (C=O) groups is 2. The highest BCUT2D eigenvalue weighted by molar-refractivity contribution is 7.14. The summed E-state index contributed by atoms with van der Waals surface area (Å²) in [6, 6.07) is 1.44. The van der Waals surface area contributed by atoms with Gasteiger partial charge in [-0.3, -0.25) is 14.8 Å². The van der Waals surface area contributed by atoms with Crippen molar-refractivity contribution in [3.63, 3.8) is 0 Å². The van der Waals surface area contributed by atoms with Gasteiger partial charge in [-0.25, -0.2) is 5.48 Å². The van der Waals surface area contributed by atoms with E-state index in [1.165, 1.54) is 43.4 Å². The van der Waals surface area contributed by atoms with Crippen molar-refractivity contribution in [2.75, 3.05) is 0 Å². The van der Waals surface area contributed by atoms with E-state index in [0.717, 1.165) is 17.2 Å². The Hall–Kier alpha value is -1.11. The van der Waals surface area contributed by atoms with E-state index in [1.54, 1.807) is 11.5 Å². The highest BCUT2D eigenvalue weighted by Gasteiger charge is 2.22. The van der Waals surface area contributed by atoms with Gasteiger partial charge in [0, 0.05) is 11.3 Å². The second-order valence-corrected chi connectivity index (χ2v) is 8.39. The first-order valence-corrected chi connectivity index (χ1v) is 10.2. The first-order chi connectivity index (χ1) is 11.9. The van der Waals surface area contributed by atoms with E-state index in [-0.39, 0.29) is 21.8 Å². The lowest BCUT2D eigenvalue weighted by Gasteiger charge is -2.28. The molecule has 0 saturated heterocycles. The highest BCUT2D eigenvalue weighted by atomic mass is 35.5. The molecule has 2 unspecified atom stereocenters. The molecule has 0 aromatic carbocycles. The summed E-state index contributed by atoms with van der Waals surface area (Å²) in [4.78, 5) is 24.8. The molecular weight excluding hydrogens is 360 g/mol. The van der Waals surface area contributed by atoms with Gasteiger partial charge in [-0.05, 0) is 37.7 Å². The van der Waals surface area contributed by atoms with Crippen LogP contribution in [-0.2, 0) is 4.79 Å². The van der Waals surface area contributed by atoms with Crippen molar-refractivity contribution in [3.8, 4) is 0 Å². The average molecular weight is 387 g/mol. The minimum Gasteiger partial charge on any atom is -0.349 e. The Balaban J connectivity index is 1.83. The van der Waals surface area contributed by atoms with Gasteiger partial charge in [0.05, 0.1) is 11.1 Å². The van der Waals surface area contributed by atoms with Gasteiger partial charge in [-0.2, -0.15) is 0 Å². The van der Waals surface area contributed by atoms with Gasteiger partial charge < -0.3 is 5.32 Å². The third-order valence-corrected chi connectivity index (χ3v) is 6.79. The van der Waals surface area contributed by atoms with Gasteiger partial charge in [-0.15, -0.1) is 11.3 Å². The average Bonchev–Trinajstić information content (AvgIpc) is 3.01. The first kappa shape index (κ1) is 20.2. The second-order valence-electron chi connectivity index (χ2n) is 6.90. The molecule has 3 N–H and O–H groups in total. The van der Waals surface area contributed by atoms with Crippen LogP contribution in [0.1, 0.15) is 79.4 Å². The Morgan fingerprint density at radius 3 is 2.80 bits per heavy atom. The molecule has 2 rings (SSSR count). The third kappa shape index (κ3) is 5.69. The molecule has 3 atom stereocenters. The minimum atomic E-state index is -0.637. The first-order valence-electron chi connectivity index (χ1n) is 8.97. The van der Waals surface area contributed by atoms with Crippen LogP contribution in [0, 0.1) is 11.8 Å². The summed E-state index contributed by atoms with van der Waals surface area (Å²) in [6.45, 7) is 4.12. The van der Waals surface area contributed by atoms with Crippen LogP contribution in [0.25, 0.3) is 0 Å². The smallest absolute Gasteiger partial charge is 0.286 e. The molecule has 1 aliphatic carbocycles. The number of nitrogens with one attached hydrogen (secondary N) is 2. The van der Waals surface area contributed by atoms with E-state index in [2.05, 4.69) is 12.2 Å². The monoisotopic (exact) mass is 386 g/mol. The van der Waals surface area contributed by atoms with Crippen LogP contribution in [0.3, 0.4) is 0 Å². The van der Waals surface area contributed by atoms with E-state index in [4.69, 9.17) is 16.8 Å². The normalized spacial score (nSPS) is 21.6. The van der Waals surface area contributed by atoms with Crippen LogP contribution < -0.4 is 10.8 Å². The maximum Gasteiger partial charge on any atom is 0.286 e. The van der Waals surface area contributed by atoms with Crippen LogP contribution in [0.15, 0.2) is 6.07 Å². The van der Waals surface area contributed by atoms with Crippen molar-refractivity contribution in [2.45, 2.75) is 64.8 Å². The molecule has 1 fully saturated rings. The summed E-state index contributed by atoms with van der Waals surface area (Å²) in [5, 5.41) is 12.0. The highest BCUT2D eigenvalue weighted by Crippen LogP contribution is 2.34. The van der Waals surface area contributed by atoms with E-state index < -0.39 is 5.91 Å². The Morgan fingerprint density at radius 2 is 2.12 bits per heavy atom. The quantitative estimate of drug-likeness (QED) is 0.469. The van der Waals surface area contributed by atoms with Crippen LogP contribution in [0.4, 0.5) is 0 Å². The van der Waals surface area contributed by atoms with Crippen LogP contribution in [0.2, 0.25) is 5.02 Å². The summed E-state index contributed by atoms with van der Waals surface area (Å²) in [5.41, 5.74) is 1.58. The molecule has 0 bridgehead atoms. The van der Waals surface area contributed by atoms with E-state index in [9.17, 15) is 9.59 Å². The Labute approximate surface area is 158 Å². The fourth-order valence-electron chi connectivity index (χ4n) is 3.56. The molecule has 0 radical (unpaired) electrons. The van der Waals surface area contributed by atoms with Crippen molar-refractivity contribution in [1.82, 2.24) is 10.8 Å². The number of hydrogen-bond donors (Lipinski definition) is 3. The number of hydrogen-bond acceptors (Lipinski definition) is 4. The van der Waals surface area contributed by atoms with Crippen molar-refractivity contribution < 1.29 is 14.8 Å². The Bertz CT molecular complexity index is 605. The molecule has 1 heterocycles. The van der Waals surface area contributed by atoms with Crippen LogP contribution >= 0.6 is 22.9 Å². The number of amides is 2. The minimum absolute atomic E-state index is 0.0313. The molecule has 0 aliphatic heterocycles. The summed E-state index contributed by atoms with van der Waals surface area (Å²) >= 11 is 7.19. The predicted octanol–water partition coefficient (Wildman–Crippen LogP) is 4.69. The molecular formula is C18H27ClN2O3S. The zero-order chi connectivity index (χ0) is 18.4. The zero-order valence-corrected chi connectivity index (χ0v) is 16.4. The van der Waals surface area contributed by atoms with Crippen LogP contribution in [-0.4, -0.2) is 17.0 Å². The van der Waals surface area contributed by atoms with Crippen molar-refractivity contribution in [3.05, 3.63) is 20.8 Å². The molecule has 2 amide bonds. The Kier molecular flexibility index (Phi) is 7.72.